The highest BCUT2D eigenvalue weighted by Gasteiger charge is 2.22. The molecule has 22 heavy (non-hydrogen) atoms. The first kappa shape index (κ1) is 16.2. The number of nitrogens with one attached hydrogen (secondary N) is 2. The molecule has 0 bridgehead atoms. The highest BCUT2D eigenvalue weighted by molar-refractivity contribution is 6.30. The lowest BCUT2D eigenvalue weighted by Gasteiger charge is -2.18. The summed E-state index contributed by atoms with van der Waals surface area (Å²) in [6, 6.07) is 6.73. The van der Waals surface area contributed by atoms with Crippen molar-refractivity contribution in [2.45, 2.75) is 33.1 Å². The summed E-state index contributed by atoms with van der Waals surface area (Å²) in [5, 5.41) is 3.16. The van der Waals surface area contributed by atoms with Crippen LogP contribution in [0.3, 0.4) is 0 Å². The van der Waals surface area contributed by atoms with Crippen LogP contribution in [0.4, 0.5) is 5.69 Å². The number of aryl methyl sites for hydroxylation is 1. The quantitative estimate of drug-likeness (QED) is 0.892. The minimum Gasteiger partial charge on any atom is -0.322 e. The van der Waals surface area contributed by atoms with Crippen molar-refractivity contribution < 1.29 is 4.79 Å². The Bertz CT molecular complexity index is 776. The number of anilines is 1. The third kappa shape index (κ3) is 3.54. The molecule has 1 heterocycles. The Morgan fingerprint density at radius 2 is 2.00 bits per heavy atom. The van der Waals surface area contributed by atoms with Crippen molar-refractivity contribution in [2.24, 2.45) is 0 Å². The van der Waals surface area contributed by atoms with Crippen LogP contribution in [0.15, 0.2) is 29.1 Å². The molecule has 2 aromatic rings. The lowest BCUT2D eigenvalue weighted by molar-refractivity contribution is 0.102. The summed E-state index contributed by atoms with van der Waals surface area (Å²) in [5.74, 6) is 0.0447. The molecular weight excluding hydrogens is 302 g/mol. The molecule has 0 radical (unpaired) electrons. The molecule has 5 nitrogen and oxygen atoms in total. The van der Waals surface area contributed by atoms with Crippen LogP contribution < -0.4 is 10.9 Å². The third-order valence-corrected chi connectivity index (χ3v) is 3.36. The SMILES string of the molecule is Cc1nc(C(C)(C)C)[nH]c(=O)c1C(=O)Nc1cccc(Cl)c1. The monoisotopic (exact) mass is 319 g/mol. The summed E-state index contributed by atoms with van der Waals surface area (Å²) >= 11 is 5.88. The summed E-state index contributed by atoms with van der Waals surface area (Å²) in [4.78, 5) is 31.6. The van der Waals surface area contributed by atoms with Crippen molar-refractivity contribution in [3.63, 3.8) is 0 Å². The van der Waals surface area contributed by atoms with Crippen molar-refractivity contribution in [2.75, 3.05) is 5.32 Å². The van der Waals surface area contributed by atoms with E-state index in [2.05, 4.69) is 15.3 Å². The van der Waals surface area contributed by atoms with E-state index < -0.39 is 11.5 Å². The molecule has 0 saturated carbocycles. The zero-order valence-electron chi connectivity index (χ0n) is 13.0. The molecule has 6 heteroatoms. The van der Waals surface area contributed by atoms with Crippen LogP contribution in [-0.4, -0.2) is 15.9 Å². The van der Waals surface area contributed by atoms with Crippen LogP contribution >= 0.6 is 11.6 Å². The van der Waals surface area contributed by atoms with Crippen molar-refractivity contribution in [1.29, 1.82) is 0 Å². The molecule has 116 valence electrons. The van der Waals surface area contributed by atoms with E-state index in [-0.39, 0.29) is 11.0 Å². The minimum atomic E-state index is -0.506. The van der Waals surface area contributed by atoms with E-state index >= 15 is 0 Å². The van der Waals surface area contributed by atoms with Gasteiger partial charge in [0.1, 0.15) is 11.4 Å². The summed E-state index contributed by atoms with van der Waals surface area (Å²) in [6.07, 6.45) is 0. The smallest absolute Gasteiger partial charge is 0.264 e. The van der Waals surface area contributed by atoms with E-state index in [1.54, 1.807) is 31.2 Å². The fourth-order valence-electron chi connectivity index (χ4n) is 1.97. The van der Waals surface area contributed by atoms with Crippen molar-refractivity contribution in [1.82, 2.24) is 9.97 Å². The molecule has 2 N–H and O–H groups in total. The number of amides is 1. The summed E-state index contributed by atoms with van der Waals surface area (Å²) in [6.45, 7) is 7.47. The van der Waals surface area contributed by atoms with Gasteiger partial charge in [-0.1, -0.05) is 38.4 Å². The lowest BCUT2D eigenvalue weighted by atomic mass is 9.95. The van der Waals surface area contributed by atoms with Gasteiger partial charge in [-0.2, -0.15) is 0 Å². The maximum absolute atomic E-state index is 12.3. The van der Waals surface area contributed by atoms with E-state index in [9.17, 15) is 9.59 Å². The largest absolute Gasteiger partial charge is 0.322 e. The molecule has 0 fully saturated rings. The lowest BCUT2D eigenvalue weighted by Crippen LogP contribution is -2.30. The summed E-state index contributed by atoms with van der Waals surface area (Å²) in [5.41, 5.74) is 0.181. The summed E-state index contributed by atoms with van der Waals surface area (Å²) < 4.78 is 0. The Labute approximate surface area is 133 Å². The van der Waals surface area contributed by atoms with E-state index in [0.29, 0.717) is 22.2 Å². The first-order valence-electron chi connectivity index (χ1n) is 6.87. The van der Waals surface area contributed by atoms with Gasteiger partial charge in [0, 0.05) is 16.1 Å². The van der Waals surface area contributed by atoms with Crippen LogP contribution in [0.2, 0.25) is 5.02 Å². The third-order valence-electron chi connectivity index (χ3n) is 3.12. The topological polar surface area (TPSA) is 74.8 Å². The van der Waals surface area contributed by atoms with E-state index in [4.69, 9.17) is 11.6 Å². The maximum atomic E-state index is 12.3. The van der Waals surface area contributed by atoms with Gasteiger partial charge in [-0.3, -0.25) is 9.59 Å². The predicted molar refractivity (Wildman–Crippen MR) is 87.7 cm³/mol. The number of halogens is 1. The second-order valence-corrected chi connectivity index (χ2v) is 6.53. The number of rotatable bonds is 2. The molecule has 1 aromatic heterocycles. The fraction of sp³-hybridized carbons (Fsp3) is 0.312. The van der Waals surface area contributed by atoms with Crippen molar-refractivity contribution >= 4 is 23.2 Å². The molecule has 0 saturated heterocycles. The first-order chi connectivity index (χ1) is 10.2. The van der Waals surface area contributed by atoms with Crippen molar-refractivity contribution in [3.8, 4) is 0 Å². The Balaban J connectivity index is 2.37. The normalized spacial score (nSPS) is 11.3. The number of benzene rings is 1. The Morgan fingerprint density at radius 3 is 2.55 bits per heavy atom. The number of aromatic nitrogens is 2. The Morgan fingerprint density at radius 1 is 1.32 bits per heavy atom. The van der Waals surface area contributed by atoms with Crippen LogP contribution in [0.5, 0.6) is 0 Å². The van der Waals surface area contributed by atoms with E-state index in [1.165, 1.54) is 0 Å². The van der Waals surface area contributed by atoms with Crippen LogP contribution in [0.25, 0.3) is 0 Å². The first-order valence-corrected chi connectivity index (χ1v) is 7.24. The molecule has 1 amide bonds. The highest BCUT2D eigenvalue weighted by atomic mass is 35.5. The van der Waals surface area contributed by atoms with Gasteiger partial charge >= 0.3 is 0 Å². The van der Waals surface area contributed by atoms with Gasteiger partial charge in [-0.15, -0.1) is 0 Å². The van der Waals surface area contributed by atoms with Crippen LogP contribution in [0.1, 0.15) is 42.6 Å². The fourth-order valence-corrected chi connectivity index (χ4v) is 2.16. The Hall–Kier alpha value is -2.14. The minimum absolute atomic E-state index is 0.00738. The zero-order chi connectivity index (χ0) is 16.5. The maximum Gasteiger partial charge on any atom is 0.264 e. The predicted octanol–water partition coefficient (Wildman–Crippen LogP) is 3.28. The molecule has 2 rings (SSSR count). The average Bonchev–Trinajstić information content (AvgIpc) is 2.36. The number of carbonyl (C=O) groups is 1. The van der Waals surface area contributed by atoms with Gasteiger partial charge in [0.2, 0.25) is 0 Å². The molecule has 0 aliphatic heterocycles. The number of nitrogens with zero attached hydrogens (tertiary/aromatic N) is 1. The van der Waals surface area contributed by atoms with E-state index in [1.807, 2.05) is 20.8 Å². The number of carbonyl (C=O) groups excluding carboxylic acids is 1. The van der Waals surface area contributed by atoms with Gasteiger partial charge in [0.15, 0.2) is 0 Å². The van der Waals surface area contributed by atoms with Crippen LogP contribution in [0, 0.1) is 6.92 Å². The molecular formula is C16H18ClN3O2. The molecule has 0 unspecified atom stereocenters. The van der Waals surface area contributed by atoms with Gasteiger partial charge in [0.25, 0.3) is 11.5 Å². The van der Waals surface area contributed by atoms with Gasteiger partial charge in [0.05, 0.1) is 5.69 Å². The molecule has 0 aliphatic rings. The molecule has 0 aliphatic carbocycles. The van der Waals surface area contributed by atoms with Gasteiger partial charge in [-0.25, -0.2) is 4.98 Å². The summed E-state index contributed by atoms with van der Waals surface area (Å²) in [7, 11) is 0. The molecule has 0 atom stereocenters. The number of H-pyrrole nitrogens is 1. The molecule has 0 spiro atoms. The van der Waals surface area contributed by atoms with Crippen LogP contribution in [-0.2, 0) is 5.41 Å². The second kappa shape index (κ2) is 5.93. The highest BCUT2D eigenvalue weighted by Crippen LogP contribution is 2.18. The number of hydrogen-bond donors (Lipinski definition) is 2. The Kier molecular flexibility index (Phi) is 4.37. The second-order valence-electron chi connectivity index (χ2n) is 6.09. The zero-order valence-corrected chi connectivity index (χ0v) is 13.7. The molecule has 1 aromatic carbocycles. The number of aromatic amines is 1. The van der Waals surface area contributed by atoms with Gasteiger partial charge in [-0.05, 0) is 25.1 Å². The van der Waals surface area contributed by atoms with Crippen molar-refractivity contribution in [3.05, 3.63) is 56.7 Å². The standard InChI is InChI=1S/C16H18ClN3O2/c1-9-12(14(22)20-15(18-9)16(2,3)4)13(21)19-11-7-5-6-10(17)8-11/h5-8H,1-4H3,(H,19,21)(H,18,20,22). The average molecular weight is 320 g/mol. The van der Waals surface area contributed by atoms with Gasteiger partial charge < -0.3 is 10.3 Å². The number of hydrogen-bond acceptors (Lipinski definition) is 3. The van der Waals surface area contributed by atoms with E-state index in [0.717, 1.165) is 0 Å².